The van der Waals surface area contributed by atoms with Gasteiger partial charge in [0.25, 0.3) is 10.1 Å². The second kappa shape index (κ2) is 6.56. The molecule has 5 heteroatoms. The molecular weight excluding hydrogens is 288 g/mol. The molecule has 1 aromatic carbocycles. The predicted molar refractivity (Wildman–Crippen MR) is 82.5 cm³/mol. The molecule has 2 rings (SSSR count). The quantitative estimate of drug-likeness (QED) is 0.648. The minimum absolute atomic E-state index is 0.235. The van der Waals surface area contributed by atoms with Crippen LogP contribution in [0.3, 0.4) is 0 Å². The molecule has 0 spiro atoms. The maximum atomic E-state index is 11.7. The van der Waals surface area contributed by atoms with E-state index >= 15 is 0 Å². The summed E-state index contributed by atoms with van der Waals surface area (Å²) in [6.07, 6.45) is 5.64. The van der Waals surface area contributed by atoms with Crippen LogP contribution in [0, 0.1) is 0 Å². The first-order chi connectivity index (χ1) is 9.93. The number of hydrogen-bond donors (Lipinski definition) is 1. The first kappa shape index (κ1) is 15.9. The molecule has 0 saturated carbocycles. The molecule has 0 aromatic heterocycles. The number of allylic oxidation sites excluding steroid dienone is 3. The fourth-order valence-corrected chi connectivity index (χ4v) is 3.14. The fourth-order valence-electron chi connectivity index (χ4n) is 2.27. The molecule has 1 N–H and O–H groups in total. The summed E-state index contributed by atoms with van der Waals surface area (Å²) < 4.78 is 37.2. The molecule has 1 unspecified atom stereocenters. The molecule has 1 aliphatic carbocycles. The van der Waals surface area contributed by atoms with E-state index in [4.69, 9.17) is 4.74 Å². The lowest BCUT2D eigenvalue weighted by molar-refractivity contribution is 0.113. The third-order valence-corrected chi connectivity index (χ3v) is 5.25. The highest BCUT2D eigenvalue weighted by Crippen LogP contribution is 2.32. The molecule has 0 fully saturated rings. The molecule has 21 heavy (non-hydrogen) atoms. The molecule has 0 amide bonds. The Morgan fingerprint density at radius 3 is 2.57 bits per heavy atom. The van der Waals surface area contributed by atoms with E-state index in [-0.39, 0.29) is 19.4 Å². The highest BCUT2D eigenvalue weighted by Gasteiger charge is 2.40. The van der Waals surface area contributed by atoms with Crippen molar-refractivity contribution in [2.45, 2.75) is 31.1 Å². The van der Waals surface area contributed by atoms with Gasteiger partial charge < -0.3 is 4.74 Å². The summed E-state index contributed by atoms with van der Waals surface area (Å²) in [7, 11) is -4.17. The van der Waals surface area contributed by atoms with E-state index in [0.29, 0.717) is 6.61 Å². The minimum atomic E-state index is -4.17. The first-order valence-corrected chi connectivity index (χ1v) is 8.32. The number of hydrogen-bond acceptors (Lipinski definition) is 3. The molecule has 1 aromatic rings. The van der Waals surface area contributed by atoms with E-state index in [9.17, 15) is 13.0 Å². The van der Waals surface area contributed by atoms with Gasteiger partial charge in [0.2, 0.25) is 0 Å². The summed E-state index contributed by atoms with van der Waals surface area (Å²) in [5, 5.41) is 0. The Bertz CT molecular complexity index is 632. The lowest BCUT2D eigenvalue weighted by atomic mass is 9.93. The van der Waals surface area contributed by atoms with Crippen molar-refractivity contribution in [3.63, 3.8) is 0 Å². The Kier molecular flexibility index (Phi) is 4.98. The molecule has 0 heterocycles. The molecule has 0 radical (unpaired) electrons. The van der Waals surface area contributed by atoms with Gasteiger partial charge in [-0.1, -0.05) is 54.1 Å². The zero-order valence-electron chi connectivity index (χ0n) is 12.0. The van der Waals surface area contributed by atoms with E-state index in [1.54, 1.807) is 12.2 Å². The maximum absolute atomic E-state index is 11.7. The van der Waals surface area contributed by atoms with E-state index < -0.39 is 14.9 Å². The molecular formula is C16H20O4S. The van der Waals surface area contributed by atoms with Gasteiger partial charge in [0.1, 0.15) is 4.75 Å². The van der Waals surface area contributed by atoms with Gasteiger partial charge in [-0.15, -0.1) is 0 Å². The van der Waals surface area contributed by atoms with Crippen LogP contribution in [0.15, 0.2) is 54.1 Å². The van der Waals surface area contributed by atoms with Gasteiger partial charge in [-0.3, -0.25) is 4.55 Å². The van der Waals surface area contributed by atoms with Crippen LogP contribution < -0.4 is 0 Å². The van der Waals surface area contributed by atoms with Gasteiger partial charge in [-0.25, -0.2) is 0 Å². The number of benzene rings is 1. The van der Waals surface area contributed by atoms with Crippen LogP contribution in [-0.2, 0) is 21.5 Å². The van der Waals surface area contributed by atoms with Crippen LogP contribution in [0.2, 0.25) is 0 Å². The van der Waals surface area contributed by atoms with Crippen LogP contribution in [0.5, 0.6) is 0 Å². The van der Waals surface area contributed by atoms with E-state index in [2.05, 4.69) is 0 Å². The van der Waals surface area contributed by atoms with Crippen molar-refractivity contribution in [3.8, 4) is 0 Å². The molecule has 4 nitrogen and oxygen atoms in total. The first-order valence-electron chi connectivity index (χ1n) is 6.88. The van der Waals surface area contributed by atoms with Crippen molar-refractivity contribution in [1.82, 2.24) is 0 Å². The second-order valence-corrected chi connectivity index (χ2v) is 7.08. The van der Waals surface area contributed by atoms with Gasteiger partial charge >= 0.3 is 0 Å². The zero-order chi connectivity index (χ0) is 15.3. The summed E-state index contributed by atoms with van der Waals surface area (Å²) >= 11 is 0. The predicted octanol–water partition coefficient (Wildman–Crippen LogP) is 3.13. The Balaban J connectivity index is 1.94. The Labute approximate surface area is 125 Å². The SMILES string of the molecule is CC1=CCC(CCOCc2ccccc2)(S(=O)(=O)O)C=C1. The van der Waals surface area contributed by atoms with Crippen molar-refractivity contribution >= 4 is 10.1 Å². The summed E-state index contributed by atoms with van der Waals surface area (Å²) in [5.74, 6) is 0. The van der Waals surface area contributed by atoms with Crippen molar-refractivity contribution in [2.75, 3.05) is 6.61 Å². The normalized spacial score (nSPS) is 22.1. The average Bonchev–Trinajstić information content (AvgIpc) is 2.46. The van der Waals surface area contributed by atoms with Crippen molar-refractivity contribution in [2.24, 2.45) is 0 Å². The van der Waals surface area contributed by atoms with Crippen LogP contribution in [0.1, 0.15) is 25.3 Å². The Morgan fingerprint density at radius 2 is 2.00 bits per heavy atom. The average molecular weight is 308 g/mol. The molecule has 1 atom stereocenters. The molecule has 1 aliphatic rings. The zero-order valence-corrected chi connectivity index (χ0v) is 12.8. The number of ether oxygens (including phenoxy) is 1. The smallest absolute Gasteiger partial charge is 0.274 e. The van der Waals surface area contributed by atoms with E-state index in [1.807, 2.05) is 43.3 Å². The van der Waals surface area contributed by atoms with Crippen LogP contribution in [0.25, 0.3) is 0 Å². The Hall–Kier alpha value is -1.43. The summed E-state index contributed by atoms with van der Waals surface area (Å²) in [5.41, 5.74) is 2.04. The molecule has 0 aliphatic heterocycles. The highest BCUT2D eigenvalue weighted by molar-refractivity contribution is 7.87. The molecule has 0 bridgehead atoms. The summed E-state index contributed by atoms with van der Waals surface area (Å²) in [4.78, 5) is 0. The third kappa shape index (κ3) is 4.03. The Morgan fingerprint density at radius 1 is 1.29 bits per heavy atom. The van der Waals surface area contributed by atoms with E-state index in [0.717, 1.165) is 11.1 Å². The van der Waals surface area contributed by atoms with Gasteiger partial charge in [0.05, 0.1) is 6.61 Å². The van der Waals surface area contributed by atoms with Gasteiger partial charge in [0.15, 0.2) is 0 Å². The highest BCUT2D eigenvalue weighted by atomic mass is 32.2. The van der Waals surface area contributed by atoms with Crippen LogP contribution in [0.4, 0.5) is 0 Å². The van der Waals surface area contributed by atoms with E-state index in [1.165, 1.54) is 0 Å². The lowest BCUT2D eigenvalue weighted by Crippen LogP contribution is -2.38. The fraction of sp³-hybridized carbons (Fsp3) is 0.375. The second-order valence-electron chi connectivity index (χ2n) is 5.31. The van der Waals surface area contributed by atoms with Gasteiger partial charge in [-0.05, 0) is 25.3 Å². The lowest BCUT2D eigenvalue weighted by Gasteiger charge is -2.28. The summed E-state index contributed by atoms with van der Waals surface area (Å²) in [6.45, 7) is 2.60. The third-order valence-electron chi connectivity index (χ3n) is 3.71. The van der Waals surface area contributed by atoms with Gasteiger partial charge in [0, 0.05) is 6.61 Å². The van der Waals surface area contributed by atoms with Crippen LogP contribution >= 0.6 is 0 Å². The molecule has 0 saturated heterocycles. The monoisotopic (exact) mass is 308 g/mol. The van der Waals surface area contributed by atoms with Crippen LogP contribution in [-0.4, -0.2) is 24.3 Å². The maximum Gasteiger partial charge on any atom is 0.274 e. The number of rotatable bonds is 6. The standard InChI is InChI=1S/C16H20O4S/c1-14-7-9-16(10-8-14,21(17,18)19)11-12-20-13-15-5-3-2-4-6-15/h2-9H,10-13H2,1H3,(H,17,18,19). The largest absolute Gasteiger partial charge is 0.377 e. The minimum Gasteiger partial charge on any atom is -0.377 e. The van der Waals surface area contributed by atoms with Crippen molar-refractivity contribution in [1.29, 1.82) is 0 Å². The summed E-state index contributed by atoms with van der Waals surface area (Å²) in [6, 6.07) is 9.68. The van der Waals surface area contributed by atoms with Crippen molar-refractivity contribution < 1.29 is 17.7 Å². The van der Waals surface area contributed by atoms with Gasteiger partial charge in [-0.2, -0.15) is 8.42 Å². The topological polar surface area (TPSA) is 63.6 Å². The van der Waals surface area contributed by atoms with Crippen molar-refractivity contribution in [3.05, 3.63) is 59.7 Å². The molecule has 114 valence electrons.